The van der Waals surface area contributed by atoms with Crippen LogP contribution in [-0.2, 0) is 0 Å². The lowest BCUT2D eigenvalue weighted by Gasteiger charge is -2.22. The third kappa shape index (κ3) is 3.19. The second kappa shape index (κ2) is 7.18. The fraction of sp³-hybridized carbons (Fsp3) is 0.0909. The Morgan fingerprint density at radius 2 is 1.90 bits per heavy atom. The minimum Gasteiger partial charge on any atom is -0.267 e. The molecule has 0 radical (unpaired) electrons. The molecule has 5 nitrogen and oxygen atoms in total. The molecule has 0 bridgehead atoms. The van der Waals surface area contributed by atoms with E-state index >= 15 is 0 Å². The fourth-order valence-electron chi connectivity index (χ4n) is 3.51. The molecular formula is C22H15FN4OS. The quantitative estimate of drug-likeness (QED) is 0.494. The lowest BCUT2D eigenvalue weighted by atomic mass is 9.98. The molecule has 1 amide bonds. The molecule has 3 heterocycles. The van der Waals surface area contributed by atoms with Gasteiger partial charge < -0.3 is 0 Å². The minimum absolute atomic E-state index is 0.00778. The molecule has 29 heavy (non-hydrogen) atoms. The van der Waals surface area contributed by atoms with E-state index in [1.54, 1.807) is 35.9 Å². The van der Waals surface area contributed by atoms with Gasteiger partial charge in [-0.3, -0.25) is 14.8 Å². The Balaban J connectivity index is 1.58. The van der Waals surface area contributed by atoms with Gasteiger partial charge in [0.1, 0.15) is 5.82 Å². The first-order valence-corrected chi connectivity index (χ1v) is 10.0. The number of fused-ring (bicyclic) bond motifs is 1. The third-order valence-corrected chi connectivity index (χ3v) is 5.64. The number of carbonyl (C=O) groups is 1. The zero-order valence-electron chi connectivity index (χ0n) is 15.2. The predicted octanol–water partition coefficient (Wildman–Crippen LogP) is 4.82. The monoisotopic (exact) mass is 402 g/mol. The van der Waals surface area contributed by atoms with E-state index < -0.39 is 11.7 Å². The standard InChI is InChI=1S/C22H15FN4OS/c23-17-4-2-1-3-16(17)22(28)27-21(12-19(26-27)15-7-10-29-13-15)14-5-6-18-20(11-14)25-9-8-24-18/h1-11,13,21H,12H2/t21-/m1/s1. The summed E-state index contributed by atoms with van der Waals surface area (Å²) >= 11 is 1.57. The van der Waals surface area contributed by atoms with Gasteiger partial charge >= 0.3 is 0 Å². The van der Waals surface area contributed by atoms with Crippen LogP contribution < -0.4 is 0 Å². The predicted molar refractivity (Wildman–Crippen MR) is 110 cm³/mol. The van der Waals surface area contributed by atoms with Crippen LogP contribution in [0.25, 0.3) is 11.0 Å². The van der Waals surface area contributed by atoms with Crippen LogP contribution in [0.15, 0.2) is 76.8 Å². The first-order valence-electron chi connectivity index (χ1n) is 9.09. The smallest absolute Gasteiger partial charge is 0.267 e. The number of hydrogen-bond acceptors (Lipinski definition) is 5. The van der Waals surface area contributed by atoms with Gasteiger partial charge in [0, 0.05) is 24.4 Å². The summed E-state index contributed by atoms with van der Waals surface area (Å²) in [6, 6.07) is 13.3. The van der Waals surface area contributed by atoms with Crippen LogP contribution in [0.5, 0.6) is 0 Å². The second-order valence-electron chi connectivity index (χ2n) is 6.71. The summed E-state index contributed by atoms with van der Waals surface area (Å²) in [5.74, 6) is -1.02. The molecule has 0 unspecified atom stereocenters. The van der Waals surface area contributed by atoms with Gasteiger partial charge in [0.2, 0.25) is 0 Å². The number of amides is 1. The van der Waals surface area contributed by atoms with Gasteiger partial charge in [0.25, 0.3) is 5.91 Å². The minimum atomic E-state index is -0.556. The van der Waals surface area contributed by atoms with Crippen molar-refractivity contribution in [2.24, 2.45) is 5.10 Å². The normalized spacial score (nSPS) is 16.2. The first kappa shape index (κ1) is 17.6. The van der Waals surface area contributed by atoms with Crippen LogP contribution in [-0.4, -0.2) is 26.6 Å². The van der Waals surface area contributed by atoms with Crippen molar-refractivity contribution in [2.75, 3.05) is 0 Å². The zero-order valence-corrected chi connectivity index (χ0v) is 16.0. The van der Waals surface area contributed by atoms with E-state index in [0.717, 1.165) is 27.9 Å². The van der Waals surface area contributed by atoms with E-state index in [-0.39, 0.29) is 11.6 Å². The van der Waals surface area contributed by atoms with Crippen molar-refractivity contribution in [2.45, 2.75) is 12.5 Å². The Bertz CT molecular complexity index is 1240. The van der Waals surface area contributed by atoms with E-state index in [1.807, 2.05) is 35.0 Å². The number of nitrogens with zero attached hydrogens (tertiary/aromatic N) is 4. The molecule has 2 aromatic carbocycles. The van der Waals surface area contributed by atoms with Gasteiger partial charge in [-0.1, -0.05) is 18.2 Å². The molecule has 1 atom stereocenters. The lowest BCUT2D eigenvalue weighted by Crippen LogP contribution is -2.27. The molecule has 0 saturated heterocycles. The van der Waals surface area contributed by atoms with Gasteiger partial charge in [0.05, 0.1) is 28.4 Å². The second-order valence-corrected chi connectivity index (χ2v) is 7.49. The number of rotatable bonds is 3. The molecule has 142 valence electrons. The number of carbonyl (C=O) groups excluding carboxylic acids is 1. The summed E-state index contributed by atoms with van der Waals surface area (Å²) in [7, 11) is 0. The molecule has 0 saturated carbocycles. The number of thiophene rings is 1. The average molecular weight is 402 g/mol. The highest BCUT2D eigenvalue weighted by atomic mass is 32.1. The van der Waals surface area contributed by atoms with Crippen LogP contribution in [0.3, 0.4) is 0 Å². The van der Waals surface area contributed by atoms with Crippen molar-refractivity contribution in [1.29, 1.82) is 0 Å². The molecule has 0 fully saturated rings. The fourth-order valence-corrected chi connectivity index (χ4v) is 4.17. The van der Waals surface area contributed by atoms with Crippen molar-refractivity contribution >= 4 is 34.0 Å². The van der Waals surface area contributed by atoms with E-state index in [2.05, 4.69) is 15.1 Å². The van der Waals surface area contributed by atoms with Gasteiger partial charge in [-0.2, -0.15) is 16.4 Å². The molecule has 7 heteroatoms. The Morgan fingerprint density at radius 3 is 2.69 bits per heavy atom. The van der Waals surface area contributed by atoms with Crippen molar-refractivity contribution in [3.05, 3.63) is 94.2 Å². The number of aromatic nitrogens is 2. The maximum Gasteiger partial charge on any atom is 0.277 e. The summed E-state index contributed by atoms with van der Waals surface area (Å²) in [4.78, 5) is 21.8. The summed E-state index contributed by atoms with van der Waals surface area (Å²) in [5.41, 5.74) is 4.20. The molecule has 1 aliphatic heterocycles. The molecule has 0 aliphatic carbocycles. The van der Waals surface area contributed by atoms with Crippen LogP contribution in [0.2, 0.25) is 0 Å². The van der Waals surface area contributed by atoms with Crippen molar-refractivity contribution in [1.82, 2.24) is 15.0 Å². The van der Waals surface area contributed by atoms with Gasteiger partial charge in [-0.05, 0) is 46.7 Å². The summed E-state index contributed by atoms with van der Waals surface area (Å²) in [5, 5.41) is 9.95. The molecule has 0 spiro atoms. The maximum absolute atomic E-state index is 14.3. The van der Waals surface area contributed by atoms with Crippen LogP contribution >= 0.6 is 11.3 Å². The molecule has 5 rings (SSSR count). The molecular weight excluding hydrogens is 387 g/mol. The van der Waals surface area contributed by atoms with E-state index in [4.69, 9.17) is 0 Å². The number of benzene rings is 2. The first-order chi connectivity index (χ1) is 14.2. The van der Waals surface area contributed by atoms with E-state index in [1.165, 1.54) is 17.1 Å². The summed E-state index contributed by atoms with van der Waals surface area (Å²) in [6.45, 7) is 0. The number of hydrazone groups is 1. The highest BCUT2D eigenvalue weighted by Crippen LogP contribution is 2.35. The van der Waals surface area contributed by atoms with Crippen LogP contribution in [0.4, 0.5) is 4.39 Å². The van der Waals surface area contributed by atoms with Crippen LogP contribution in [0.1, 0.15) is 33.9 Å². The van der Waals surface area contributed by atoms with Gasteiger partial charge in [0.15, 0.2) is 0 Å². The zero-order chi connectivity index (χ0) is 19.8. The van der Waals surface area contributed by atoms with Crippen molar-refractivity contribution in [3.63, 3.8) is 0 Å². The molecule has 1 aliphatic rings. The van der Waals surface area contributed by atoms with Gasteiger partial charge in [-0.15, -0.1) is 0 Å². The Labute approximate surface area is 170 Å². The highest BCUT2D eigenvalue weighted by molar-refractivity contribution is 7.08. The summed E-state index contributed by atoms with van der Waals surface area (Å²) in [6.07, 6.45) is 3.82. The van der Waals surface area contributed by atoms with E-state index in [9.17, 15) is 9.18 Å². The number of halogens is 1. The largest absolute Gasteiger partial charge is 0.277 e. The Kier molecular flexibility index (Phi) is 4.37. The van der Waals surface area contributed by atoms with Crippen molar-refractivity contribution in [3.8, 4) is 0 Å². The summed E-state index contributed by atoms with van der Waals surface area (Å²) < 4.78 is 14.3. The maximum atomic E-state index is 14.3. The molecule has 4 aromatic rings. The highest BCUT2D eigenvalue weighted by Gasteiger charge is 2.34. The number of hydrogen-bond donors (Lipinski definition) is 0. The third-order valence-electron chi connectivity index (χ3n) is 4.96. The lowest BCUT2D eigenvalue weighted by molar-refractivity contribution is 0.0706. The SMILES string of the molecule is O=C(c1ccccc1F)N1N=C(c2ccsc2)C[C@@H]1c1ccc2nccnc2c1. The van der Waals surface area contributed by atoms with Crippen molar-refractivity contribution < 1.29 is 9.18 Å². The Morgan fingerprint density at radius 1 is 1.07 bits per heavy atom. The van der Waals surface area contributed by atoms with Gasteiger partial charge in [-0.25, -0.2) is 9.40 Å². The van der Waals surface area contributed by atoms with Crippen LogP contribution in [0, 0.1) is 5.82 Å². The molecule has 0 N–H and O–H groups in total. The Hall–Kier alpha value is -3.45. The topological polar surface area (TPSA) is 58.5 Å². The average Bonchev–Trinajstić information content (AvgIpc) is 3.43. The molecule has 2 aromatic heterocycles. The van der Waals surface area contributed by atoms with E-state index in [0.29, 0.717) is 6.42 Å².